The lowest BCUT2D eigenvalue weighted by atomic mass is 9.96. The molecule has 1 aromatic rings. The number of hydrogen-bond donors (Lipinski definition) is 1. The Morgan fingerprint density at radius 2 is 1.79 bits per heavy atom. The van der Waals surface area contributed by atoms with Crippen LogP contribution in [0.2, 0.25) is 0 Å². The molecule has 0 saturated carbocycles. The maximum atomic E-state index is 11.5. The molecular weight excluding hydrogens is 244 g/mol. The number of hydrogen-bond acceptors (Lipinski definition) is 3. The van der Waals surface area contributed by atoms with E-state index in [0.29, 0.717) is 6.42 Å². The van der Waals surface area contributed by atoms with E-state index in [-0.39, 0.29) is 12.5 Å². The number of carboxylic acids is 1. The zero-order valence-electron chi connectivity index (χ0n) is 11.6. The molecule has 1 unspecified atom stereocenters. The molecule has 0 aliphatic heterocycles. The van der Waals surface area contributed by atoms with Gasteiger partial charge in [-0.2, -0.15) is 0 Å². The highest BCUT2D eigenvalue weighted by Gasteiger charge is 2.23. The monoisotopic (exact) mass is 264 g/mol. The summed E-state index contributed by atoms with van der Waals surface area (Å²) in [5, 5.41) is 9.16. The third-order valence-corrected chi connectivity index (χ3v) is 2.73. The summed E-state index contributed by atoms with van der Waals surface area (Å²) in [7, 11) is 0. The van der Waals surface area contributed by atoms with Crippen LogP contribution in [0.4, 0.5) is 0 Å². The molecule has 0 aliphatic carbocycles. The number of benzene rings is 1. The summed E-state index contributed by atoms with van der Waals surface area (Å²) in [4.78, 5) is 22.7. The lowest BCUT2D eigenvalue weighted by Gasteiger charge is -2.13. The van der Waals surface area contributed by atoms with Gasteiger partial charge in [0.05, 0.1) is 18.4 Å². The van der Waals surface area contributed by atoms with Gasteiger partial charge in [0.15, 0.2) is 0 Å². The summed E-state index contributed by atoms with van der Waals surface area (Å²) in [6.07, 6.45) is 0.0193. The van der Waals surface area contributed by atoms with Gasteiger partial charge in [-0.15, -0.1) is 0 Å². The van der Waals surface area contributed by atoms with Crippen molar-refractivity contribution in [3.8, 4) is 0 Å². The van der Waals surface area contributed by atoms with Gasteiger partial charge < -0.3 is 9.84 Å². The number of esters is 1. The molecular formula is C15H20O4. The number of carboxylic acid groups (broad SMARTS) is 1. The number of carbonyl (C=O) groups is 2. The van der Waals surface area contributed by atoms with Gasteiger partial charge in [0.2, 0.25) is 0 Å². The molecule has 4 heteroatoms. The molecule has 0 bridgehead atoms. The smallest absolute Gasteiger partial charge is 0.307 e. The standard InChI is InChI=1S/C15H20O4/c1-10(2)19-14(16)9-13(15(17)18)8-12-6-4-11(3)5-7-12/h4-7,10,13H,8-9H2,1-3H3,(H,17,18). The molecule has 104 valence electrons. The van der Waals surface area contributed by atoms with Gasteiger partial charge in [-0.05, 0) is 32.8 Å². The van der Waals surface area contributed by atoms with Gasteiger partial charge in [0.25, 0.3) is 0 Å². The zero-order valence-corrected chi connectivity index (χ0v) is 11.6. The van der Waals surface area contributed by atoms with Crippen molar-refractivity contribution >= 4 is 11.9 Å². The van der Waals surface area contributed by atoms with Crippen LogP contribution in [0.25, 0.3) is 0 Å². The Balaban J connectivity index is 2.65. The first-order chi connectivity index (χ1) is 8.88. The lowest BCUT2D eigenvalue weighted by molar-refractivity contribution is -0.154. The van der Waals surface area contributed by atoms with E-state index < -0.39 is 17.9 Å². The fourth-order valence-corrected chi connectivity index (χ4v) is 1.77. The van der Waals surface area contributed by atoms with Crippen LogP contribution in [-0.4, -0.2) is 23.1 Å². The number of aryl methyl sites for hydroxylation is 1. The summed E-state index contributed by atoms with van der Waals surface area (Å²) < 4.78 is 4.99. The molecule has 0 aromatic heterocycles. The third-order valence-electron chi connectivity index (χ3n) is 2.73. The molecule has 0 fully saturated rings. The van der Waals surface area contributed by atoms with Crippen molar-refractivity contribution in [3.63, 3.8) is 0 Å². The molecule has 0 heterocycles. The number of aliphatic carboxylic acids is 1. The number of rotatable bonds is 6. The van der Waals surface area contributed by atoms with Gasteiger partial charge >= 0.3 is 11.9 Å². The van der Waals surface area contributed by atoms with Gasteiger partial charge in [0, 0.05) is 0 Å². The van der Waals surface area contributed by atoms with Crippen molar-refractivity contribution in [1.29, 1.82) is 0 Å². The van der Waals surface area contributed by atoms with Crippen molar-refractivity contribution in [2.45, 2.75) is 39.7 Å². The Kier molecular flexibility index (Phi) is 5.55. The molecule has 1 N–H and O–H groups in total. The summed E-state index contributed by atoms with van der Waals surface area (Å²) in [6, 6.07) is 7.64. The van der Waals surface area contributed by atoms with E-state index >= 15 is 0 Å². The van der Waals surface area contributed by atoms with E-state index in [1.165, 1.54) is 0 Å². The average molecular weight is 264 g/mol. The molecule has 1 aromatic carbocycles. The van der Waals surface area contributed by atoms with Crippen LogP contribution in [0.3, 0.4) is 0 Å². The van der Waals surface area contributed by atoms with E-state index in [1.807, 2.05) is 31.2 Å². The quantitative estimate of drug-likeness (QED) is 0.802. The van der Waals surface area contributed by atoms with Crippen molar-refractivity contribution in [2.24, 2.45) is 5.92 Å². The highest BCUT2D eigenvalue weighted by molar-refractivity contribution is 5.79. The van der Waals surface area contributed by atoms with Gasteiger partial charge in [-0.3, -0.25) is 9.59 Å². The minimum Gasteiger partial charge on any atom is -0.481 e. The topological polar surface area (TPSA) is 63.6 Å². The van der Waals surface area contributed by atoms with Gasteiger partial charge in [-0.1, -0.05) is 29.8 Å². The molecule has 0 amide bonds. The Labute approximate surface area is 113 Å². The first-order valence-corrected chi connectivity index (χ1v) is 6.36. The highest BCUT2D eigenvalue weighted by Crippen LogP contribution is 2.15. The third kappa shape index (κ3) is 5.55. The first kappa shape index (κ1) is 15.2. The van der Waals surface area contributed by atoms with Crippen molar-refractivity contribution in [2.75, 3.05) is 0 Å². The van der Waals surface area contributed by atoms with Gasteiger partial charge in [0.1, 0.15) is 0 Å². The molecule has 0 saturated heterocycles. The largest absolute Gasteiger partial charge is 0.481 e. The Morgan fingerprint density at radius 3 is 2.26 bits per heavy atom. The van der Waals surface area contributed by atoms with Crippen LogP contribution in [0.1, 0.15) is 31.4 Å². The first-order valence-electron chi connectivity index (χ1n) is 6.36. The molecule has 1 atom stereocenters. The molecule has 0 radical (unpaired) electrons. The average Bonchev–Trinajstić information content (AvgIpc) is 2.29. The van der Waals surface area contributed by atoms with Crippen LogP contribution < -0.4 is 0 Å². The minimum absolute atomic E-state index is 0.0958. The minimum atomic E-state index is -0.971. The second kappa shape index (κ2) is 6.92. The SMILES string of the molecule is Cc1ccc(CC(CC(=O)OC(C)C)C(=O)O)cc1. The Hall–Kier alpha value is -1.84. The van der Waals surface area contributed by atoms with Crippen LogP contribution in [0, 0.1) is 12.8 Å². The zero-order chi connectivity index (χ0) is 14.4. The summed E-state index contributed by atoms with van der Waals surface area (Å²) >= 11 is 0. The molecule has 1 rings (SSSR count). The Morgan fingerprint density at radius 1 is 1.21 bits per heavy atom. The fourth-order valence-electron chi connectivity index (χ4n) is 1.77. The predicted molar refractivity (Wildman–Crippen MR) is 71.9 cm³/mol. The predicted octanol–water partition coefficient (Wildman–Crippen LogP) is 2.58. The second-order valence-electron chi connectivity index (χ2n) is 4.97. The summed E-state index contributed by atoms with van der Waals surface area (Å²) in [5.41, 5.74) is 2.03. The summed E-state index contributed by atoms with van der Waals surface area (Å²) in [6.45, 7) is 5.46. The maximum absolute atomic E-state index is 11.5. The van der Waals surface area contributed by atoms with Crippen molar-refractivity contribution < 1.29 is 19.4 Å². The number of ether oxygens (including phenoxy) is 1. The van der Waals surface area contributed by atoms with Crippen LogP contribution in [-0.2, 0) is 20.7 Å². The van der Waals surface area contributed by atoms with Crippen LogP contribution in [0.15, 0.2) is 24.3 Å². The molecule has 19 heavy (non-hydrogen) atoms. The lowest BCUT2D eigenvalue weighted by Crippen LogP contribution is -2.23. The van der Waals surface area contributed by atoms with E-state index in [2.05, 4.69) is 0 Å². The highest BCUT2D eigenvalue weighted by atomic mass is 16.5. The van der Waals surface area contributed by atoms with E-state index in [1.54, 1.807) is 13.8 Å². The van der Waals surface area contributed by atoms with Crippen molar-refractivity contribution in [3.05, 3.63) is 35.4 Å². The van der Waals surface area contributed by atoms with Crippen LogP contribution in [0.5, 0.6) is 0 Å². The van der Waals surface area contributed by atoms with Crippen molar-refractivity contribution in [1.82, 2.24) is 0 Å². The maximum Gasteiger partial charge on any atom is 0.307 e. The molecule has 4 nitrogen and oxygen atoms in total. The Bertz CT molecular complexity index is 434. The van der Waals surface area contributed by atoms with Crippen LogP contribution >= 0.6 is 0 Å². The van der Waals surface area contributed by atoms with E-state index in [4.69, 9.17) is 9.84 Å². The van der Waals surface area contributed by atoms with E-state index in [0.717, 1.165) is 11.1 Å². The summed E-state index contributed by atoms with van der Waals surface area (Å²) in [5.74, 6) is -2.18. The normalized spacial score (nSPS) is 12.2. The second-order valence-corrected chi connectivity index (χ2v) is 4.97. The molecule has 0 aliphatic rings. The van der Waals surface area contributed by atoms with E-state index in [9.17, 15) is 9.59 Å². The fraction of sp³-hybridized carbons (Fsp3) is 0.467. The van der Waals surface area contributed by atoms with Gasteiger partial charge in [-0.25, -0.2) is 0 Å². The number of carbonyl (C=O) groups excluding carboxylic acids is 1. The molecule has 0 spiro atoms.